The Morgan fingerprint density at radius 2 is 2.16 bits per heavy atom. The fourth-order valence-electron chi connectivity index (χ4n) is 2.87. The van der Waals surface area contributed by atoms with Gasteiger partial charge in [0.1, 0.15) is 5.82 Å². The zero-order chi connectivity index (χ0) is 17.6. The van der Waals surface area contributed by atoms with E-state index in [0.29, 0.717) is 19.5 Å². The van der Waals surface area contributed by atoms with Crippen LogP contribution in [0.5, 0.6) is 0 Å². The Bertz CT molecular complexity index is 838. The number of hydrogen-bond acceptors (Lipinski definition) is 3. The number of aryl methyl sites for hydroxylation is 2. The molecule has 3 rings (SSSR count). The number of hydrogen-bond donors (Lipinski definition) is 1. The highest BCUT2D eigenvalue weighted by atomic mass is 79.9. The van der Waals surface area contributed by atoms with Gasteiger partial charge in [0.2, 0.25) is 5.91 Å². The topological polar surface area (TPSA) is 68.9 Å². The average molecular weight is 405 g/mol. The van der Waals surface area contributed by atoms with Crippen LogP contribution >= 0.6 is 15.9 Å². The molecule has 0 spiro atoms. The third-order valence-electron chi connectivity index (χ3n) is 4.20. The Morgan fingerprint density at radius 1 is 1.32 bits per heavy atom. The van der Waals surface area contributed by atoms with Gasteiger partial charge in [-0.05, 0) is 37.0 Å². The summed E-state index contributed by atoms with van der Waals surface area (Å²) in [5.74, 6) is 0.740. The number of benzene rings is 1. The molecular weight excluding hydrogens is 384 g/mol. The first-order valence-corrected chi connectivity index (χ1v) is 9.31. The molecule has 1 aliphatic rings. The van der Waals surface area contributed by atoms with Crippen molar-refractivity contribution in [2.24, 2.45) is 0 Å². The second-order valence-electron chi connectivity index (χ2n) is 6.03. The fourth-order valence-corrected chi connectivity index (χ4v) is 3.29. The molecule has 132 valence electrons. The van der Waals surface area contributed by atoms with E-state index in [9.17, 15) is 9.59 Å². The first kappa shape index (κ1) is 17.7. The average Bonchev–Trinajstić information content (AvgIpc) is 2.94. The quantitative estimate of drug-likeness (QED) is 0.593. The van der Waals surface area contributed by atoms with Gasteiger partial charge >= 0.3 is 5.69 Å². The molecule has 0 unspecified atom stereocenters. The van der Waals surface area contributed by atoms with Gasteiger partial charge in [-0.15, -0.1) is 0 Å². The van der Waals surface area contributed by atoms with Gasteiger partial charge in [-0.2, -0.15) is 5.10 Å². The van der Waals surface area contributed by atoms with Crippen LogP contribution in [-0.4, -0.2) is 26.8 Å². The van der Waals surface area contributed by atoms with Gasteiger partial charge in [-0.3, -0.25) is 9.36 Å². The summed E-state index contributed by atoms with van der Waals surface area (Å²) in [5.41, 5.74) is 0.919. The highest BCUT2D eigenvalue weighted by Gasteiger charge is 2.16. The lowest BCUT2D eigenvalue weighted by Crippen LogP contribution is -2.28. The summed E-state index contributed by atoms with van der Waals surface area (Å²) in [6.45, 7) is 1.80. The lowest BCUT2D eigenvalue weighted by atomic mass is 10.2. The maximum Gasteiger partial charge on any atom is 0.345 e. The molecule has 2 heterocycles. The molecule has 0 bridgehead atoms. The minimum atomic E-state index is -0.146. The Kier molecular flexibility index (Phi) is 5.86. The van der Waals surface area contributed by atoms with Crippen LogP contribution in [0.15, 0.2) is 39.6 Å². The van der Waals surface area contributed by atoms with Crippen molar-refractivity contribution in [3.05, 3.63) is 56.7 Å². The van der Waals surface area contributed by atoms with Gasteiger partial charge < -0.3 is 5.32 Å². The number of amides is 1. The van der Waals surface area contributed by atoms with Crippen molar-refractivity contribution < 1.29 is 4.79 Å². The number of fused-ring (bicyclic) bond motifs is 1. The smallest absolute Gasteiger partial charge is 0.345 e. The molecule has 1 aliphatic heterocycles. The van der Waals surface area contributed by atoms with Gasteiger partial charge in [-0.25, -0.2) is 9.48 Å². The van der Waals surface area contributed by atoms with E-state index in [1.54, 1.807) is 10.6 Å². The standard InChI is InChI=1S/C18H21BrN4O2/c19-15-7-2-1-6-14(15)9-10-17(24)20-11-5-13-23-18(25)22-12-4-3-8-16(22)21-23/h1-2,6-7,9-10H,3-5,8,11-13H2,(H,20,24). The van der Waals surface area contributed by atoms with Crippen molar-refractivity contribution in [2.45, 2.75) is 38.8 Å². The first-order chi connectivity index (χ1) is 12.1. The van der Waals surface area contributed by atoms with E-state index < -0.39 is 0 Å². The normalized spacial score (nSPS) is 13.8. The van der Waals surface area contributed by atoms with Crippen molar-refractivity contribution >= 4 is 27.9 Å². The van der Waals surface area contributed by atoms with Crippen molar-refractivity contribution in [2.75, 3.05) is 6.54 Å². The molecule has 0 saturated carbocycles. The van der Waals surface area contributed by atoms with Crippen molar-refractivity contribution in [1.82, 2.24) is 19.7 Å². The van der Waals surface area contributed by atoms with Crippen molar-refractivity contribution in [3.8, 4) is 0 Å². The first-order valence-electron chi connectivity index (χ1n) is 8.52. The Morgan fingerprint density at radius 3 is 2.96 bits per heavy atom. The SMILES string of the molecule is O=C(C=Cc1ccccc1Br)NCCCn1nc2n(c1=O)CCCC2. The molecule has 0 saturated heterocycles. The summed E-state index contributed by atoms with van der Waals surface area (Å²) in [4.78, 5) is 24.1. The molecule has 1 aromatic carbocycles. The van der Waals surface area contributed by atoms with Gasteiger partial charge in [0.25, 0.3) is 0 Å². The van der Waals surface area contributed by atoms with Crippen LogP contribution in [0, 0.1) is 0 Å². The van der Waals surface area contributed by atoms with Crippen LogP contribution in [0.2, 0.25) is 0 Å². The van der Waals surface area contributed by atoms with Crippen LogP contribution in [0.1, 0.15) is 30.7 Å². The molecule has 0 fully saturated rings. The molecule has 1 aromatic heterocycles. The van der Waals surface area contributed by atoms with E-state index in [1.165, 1.54) is 10.8 Å². The number of nitrogens with zero attached hydrogens (tertiary/aromatic N) is 3. The molecule has 7 heteroatoms. The minimum absolute atomic E-state index is 0.0325. The molecule has 0 aliphatic carbocycles. The maximum absolute atomic E-state index is 12.2. The van der Waals surface area contributed by atoms with E-state index in [1.807, 2.05) is 24.3 Å². The van der Waals surface area contributed by atoms with E-state index in [2.05, 4.69) is 26.3 Å². The van der Waals surface area contributed by atoms with Crippen LogP contribution in [0.4, 0.5) is 0 Å². The van der Waals surface area contributed by atoms with Crippen LogP contribution in [-0.2, 0) is 24.3 Å². The zero-order valence-corrected chi connectivity index (χ0v) is 15.5. The van der Waals surface area contributed by atoms with Crippen molar-refractivity contribution in [1.29, 1.82) is 0 Å². The van der Waals surface area contributed by atoms with E-state index in [-0.39, 0.29) is 11.6 Å². The Hall–Kier alpha value is -2.15. The number of carbonyl (C=O) groups excluding carboxylic acids is 1. The van der Waals surface area contributed by atoms with E-state index >= 15 is 0 Å². The van der Waals surface area contributed by atoms with E-state index in [4.69, 9.17) is 0 Å². The zero-order valence-electron chi connectivity index (χ0n) is 13.9. The highest BCUT2D eigenvalue weighted by Crippen LogP contribution is 2.16. The fraction of sp³-hybridized carbons (Fsp3) is 0.389. The summed E-state index contributed by atoms with van der Waals surface area (Å²) < 4.78 is 4.23. The van der Waals surface area contributed by atoms with Gasteiger partial charge in [-0.1, -0.05) is 34.1 Å². The third kappa shape index (κ3) is 4.48. The monoisotopic (exact) mass is 404 g/mol. The van der Waals surface area contributed by atoms with Crippen LogP contribution in [0.25, 0.3) is 6.08 Å². The molecular formula is C18H21BrN4O2. The summed E-state index contributed by atoms with van der Waals surface area (Å²) in [6.07, 6.45) is 6.97. The number of aromatic nitrogens is 3. The molecule has 0 atom stereocenters. The lowest BCUT2D eigenvalue weighted by molar-refractivity contribution is -0.116. The third-order valence-corrected chi connectivity index (χ3v) is 4.92. The molecule has 1 N–H and O–H groups in total. The number of rotatable bonds is 6. The minimum Gasteiger partial charge on any atom is -0.352 e. The molecule has 25 heavy (non-hydrogen) atoms. The Labute approximate surface area is 154 Å². The van der Waals surface area contributed by atoms with E-state index in [0.717, 1.165) is 41.7 Å². The number of nitrogens with one attached hydrogen (secondary N) is 1. The van der Waals surface area contributed by atoms with Gasteiger partial charge in [0, 0.05) is 36.6 Å². The van der Waals surface area contributed by atoms with Crippen molar-refractivity contribution in [3.63, 3.8) is 0 Å². The number of carbonyl (C=O) groups is 1. The molecule has 1 amide bonds. The van der Waals surface area contributed by atoms with Crippen LogP contribution < -0.4 is 11.0 Å². The second kappa shape index (κ2) is 8.29. The molecule has 2 aromatic rings. The van der Waals surface area contributed by atoms with Gasteiger partial charge in [0.05, 0.1) is 0 Å². The lowest BCUT2D eigenvalue weighted by Gasteiger charge is -2.09. The molecule has 6 nitrogen and oxygen atoms in total. The molecule has 0 radical (unpaired) electrons. The summed E-state index contributed by atoms with van der Waals surface area (Å²) >= 11 is 3.44. The number of halogens is 1. The predicted molar refractivity (Wildman–Crippen MR) is 100 cm³/mol. The van der Waals surface area contributed by atoms with Gasteiger partial charge in [0.15, 0.2) is 0 Å². The summed E-state index contributed by atoms with van der Waals surface area (Å²) in [5, 5.41) is 7.22. The summed E-state index contributed by atoms with van der Waals surface area (Å²) in [7, 11) is 0. The highest BCUT2D eigenvalue weighted by molar-refractivity contribution is 9.10. The summed E-state index contributed by atoms with van der Waals surface area (Å²) in [6, 6.07) is 7.71. The maximum atomic E-state index is 12.2. The van der Waals surface area contributed by atoms with Crippen LogP contribution in [0.3, 0.4) is 0 Å². The second-order valence-corrected chi connectivity index (χ2v) is 6.88. The largest absolute Gasteiger partial charge is 0.352 e. The Balaban J connectivity index is 1.46. The predicted octanol–water partition coefficient (Wildman–Crippen LogP) is 2.36.